The van der Waals surface area contributed by atoms with Crippen LogP contribution in [0.2, 0.25) is 10.2 Å². The Kier molecular flexibility index (Phi) is 6.15. The predicted molar refractivity (Wildman–Crippen MR) is 102 cm³/mol. The molecular formula is C17H7Cl2F6N5O2. The maximum Gasteiger partial charge on any atom is 0.422 e. The smallest absolute Gasteiger partial charge is 0.334 e. The summed E-state index contributed by atoms with van der Waals surface area (Å²) in [5, 5.41) is 11.3. The van der Waals surface area contributed by atoms with E-state index in [2.05, 4.69) is 15.0 Å². The van der Waals surface area contributed by atoms with Crippen molar-refractivity contribution in [3.8, 4) is 11.5 Å². The molecule has 0 saturated heterocycles. The molecule has 32 heavy (non-hydrogen) atoms. The number of pyridine rings is 1. The average Bonchev–Trinajstić information content (AvgIpc) is 2.66. The summed E-state index contributed by atoms with van der Waals surface area (Å²) < 4.78 is 79.9. The van der Waals surface area contributed by atoms with Crippen molar-refractivity contribution in [1.29, 1.82) is 0 Å². The Balaban J connectivity index is 2.23. The average molecular weight is 498 g/mol. The number of hydrogen-bond acceptors (Lipinski definition) is 6. The van der Waals surface area contributed by atoms with Crippen LogP contribution >= 0.6 is 23.2 Å². The Labute approximate surface area is 184 Å². The summed E-state index contributed by atoms with van der Waals surface area (Å²) in [6.45, 7) is 0. The third kappa shape index (κ3) is 4.83. The van der Waals surface area contributed by atoms with Crippen molar-refractivity contribution >= 4 is 40.4 Å². The number of rotatable bonds is 4. The minimum atomic E-state index is -5.12. The fraction of sp³-hybridized carbons (Fsp3) is 0.118. The molecule has 0 radical (unpaired) electrons. The number of anilines is 2. The minimum Gasteiger partial charge on any atom is -0.334 e. The molecule has 0 spiro atoms. The molecule has 7 nitrogen and oxygen atoms in total. The molecule has 3 rings (SSSR count). The Bertz CT molecular complexity index is 1190. The first-order chi connectivity index (χ1) is 14.8. The minimum absolute atomic E-state index is 0.0196. The molecule has 168 valence electrons. The van der Waals surface area contributed by atoms with Crippen LogP contribution in [0.25, 0.3) is 11.5 Å². The molecule has 0 aliphatic heterocycles. The highest BCUT2D eigenvalue weighted by molar-refractivity contribution is 6.32. The molecule has 1 N–H and O–H groups in total. The highest BCUT2D eigenvalue weighted by Crippen LogP contribution is 2.44. The largest absolute Gasteiger partial charge is 0.422 e. The van der Waals surface area contributed by atoms with Gasteiger partial charge >= 0.3 is 12.4 Å². The van der Waals surface area contributed by atoms with E-state index < -0.39 is 55.8 Å². The first-order valence-electron chi connectivity index (χ1n) is 8.17. The van der Waals surface area contributed by atoms with E-state index in [0.29, 0.717) is 6.07 Å². The van der Waals surface area contributed by atoms with Crippen molar-refractivity contribution < 1.29 is 31.3 Å². The van der Waals surface area contributed by atoms with E-state index in [-0.39, 0.29) is 17.6 Å². The normalized spacial score (nSPS) is 12.0. The quantitative estimate of drug-likeness (QED) is 0.190. The van der Waals surface area contributed by atoms with E-state index in [4.69, 9.17) is 23.2 Å². The summed E-state index contributed by atoms with van der Waals surface area (Å²) in [6.07, 6.45) is -8.85. The highest BCUT2D eigenvalue weighted by atomic mass is 35.5. The van der Waals surface area contributed by atoms with E-state index in [9.17, 15) is 36.5 Å². The van der Waals surface area contributed by atoms with Crippen LogP contribution in [-0.4, -0.2) is 19.9 Å². The zero-order chi connectivity index (χ0) is 23.8. The molecule has 0 atom stereocenters. The van der Waals surface area contributed by atoms with Gasteiger partial charge in [-0.15, -0.1) is 0 Å². The van der Waals surface area contributed by atoms with Gasteiger partial charge in [-0.1, -0.05) is 29.3 Å². The van der Waals surface area contributed by atoms with Crippen LogP contribution in [0.15, 0.2) is 36.5 Å². The Morgan fingerprint density at radius 1 is 1.00 bits per heavy atom. The van der Waals surface area contributed by atoms with Crippen LogP contribution in [0.5, 0.6) is 0 Å². The maximum atomic E-state index is 13.6. The third-order valence-corrected chi connectivity index (χ3v) is 4.47. The molecule has 0 aliphatic carbocycles. The summed E-state index contributed by atoms with van der Waals surface area (Å²) in [5.74, 6) is -1.41. The number of nitro groups is 1. The second-order valence-corrected chi connectivity index (χ2v) is 6.77. The molecule has 0 fully saturated rings. The summed E-state index contributed by atoms with van der Waals surface area (Å²) in [5.41, 5.74) is -5.08. The van der Waals surface area contributed by atoms with Crippen LogP contribution < -0.4 is 5.32 Å². The van der Waals surface area contributed by atoms with Crippen molar-refractivity contribution in [1.82, 2.24) is 15.0 Å². The Morgan fingerprint density at radius 2 is 1.69 bits per heavy atom. The van der Waals surface area contributed by atoms with Crippen LogP contribution in [0.3, 0.4) is 0 Å². The maximum absolute atomic E-state index is 13.6. The number of nitrogens with one attached hydrogen (secondary N) is 1. The zero-order valence-electron chi connectivity index (χ0n) is 15.1. The lowest BCUT2D eigenvalue weighted by molar-refractivity contribution is -0.384. The molecule has 0 bridgehead atoms. The van der Waals surface area contributed by atoms with Gasteiger partial charge in [0, 0.05) is 12.3 Å². The predicted octanol–water partition coefficient (Wildman–Crippen LogP) is 6.53. The van der Waals surface area contributed by atoms with Gasteiger partial charge in [0.2, 0.25) is 0 Å². The van der Waals surface area contributed by atoms with Gasteiger partial charge in [0.1, 0.15) is 27.9 Å². The number of benzene rings is 1. The van der Waals surface area contributed by atoms with Crippen LogP contribution in [-0.2, 0) is 12.4 Å². The number of aromatic nitrogens is 3. The van der Waals surface area contributed by atoms with Gasteiger partial charge in [0.15, 0.2) is 5.82 Å². The molecule has 0 aliphatic rings. The summed E-state index contributed by atoms with van der Waals surface area (Å²) in [4.78, 5) is 21.2. The molecule has 1 aromatic carbocycles. The third-order valence-electron chi connectivity index (χ3n) is 3.88. The molecule has 2 aromatic heterocycles. The van der Waals surface area contributed by atoms with Crippen molar-refractivity contribution in [2.24, 2.45) is 0 Å². The van der Waals surface area contributed by atoms with E-state index >= 15 is 0 Å². The number of nitro benzene ring substituents is 1. The molecule has 0 unspecified atom stereocenters. The van der Waals surface area contributed by atoms with Gasteiger partial charge < -0.3 is 5.32 Å². The molecule has 15 heteroatoms. The fourth-order valence-electron chi connectivity index (χ4n) is 2.54. The van der Waals surface area contributed by atoms with Crippen LogP contribution in [0.4, 0.5) is 43.5 Å². The number of alkyl halides is 6. The summed E-state index contributed by atoms with van der Waals surface area (Å²) in [6, 6.07) is 4.94. The van der Waals surface area contributed by atoms with Crippen LogP contribution in [0, 0.1) is 10.1 Å². The monoisotopic (exact) mass is 497 g/mol. The first-order valence-corrected chi connectivity index (χ1v) is 8.93. The van der Waals surface area contributed by atoms with Crippen molar-refractivity contribution in [2.45, 2.75) is 12.4 Å². The van der Waals surface area contributed by atoms with Gasteiger partial charge in [0.25, 0.3) is 5.69 Å². The van der Waals surface area contributed by atoms with E-state index in [1.165, 1.54) is 24.4 Å². The second kappa shape index (κ2) is 8.39. The lowest BCUT2D eigenvalue weighted by Crippen LogP contribution is -2.14. The zero-order valence-corrected chi connectivity index (χ0v) is 16.6. The van der Waals surface area contributed by atoms with E-state index in [1.807, 2.05) is 5.32 Å². The van der Waals surface area contributed by atoms with Gasteiger partial charge in [-0.3, -0.25) is 15.1 Å². The van der Waals surface area contributed by atoms with Gasteiger partial charge in [0.05, 0.1) is 15.5 Å². The van der Waals surface area contributed by atoms with Gasteiger partial charge in [-0.2, -0.15) is 26.3 Å². The van der Waals surface area contributed by atoms with Crippen molar-refractivity contribution in [2.75, 3.05) is 5.32 Å². The Morgan fingerprint density at radius 3 is 2.22 bits per heavy atom. The molecule has 0 amide bonds. The van der Waals surface area contributed by atoms with E-state index in [1.54, 1.807) is 0 Å². The molecule has 0 saturated carbocycles. The topological polar surface area (TPSA) is 93.8 Å². The summed E-state index contributed by atoms with van der Waals surface area (Å²) >= 11 is 11.3. The standard InChI is InChI=1S/C17H7Cl2F6N5O2/c18-8-6-10(11(30(31)32)5-7(8)16(20,21)22)27-15-12(17(23,24)25)13(19)28-14(29-15)9-3-1-2-4-26-9/h1-6H,(H,27,28,29). The number of nitrogens with zero attached hydrogens (tertiary/aromatic N) is 4. The first kappa shape index (κ1) is 23.5. The Hall–Kier alpha value is -3.19. The lowest BCUT2D eigenvalue weighted by Gasteiger charge is -2.17. The SMILES string of the molecule is O=[N+]([O-])c1cc(C(F)(F)F)c(Cl)cc1Nc1nc(-c2ccccn2)nc(Cl)c1C(F)(F)F. The second-order valence-electron chi connectivity index (χ2n) is 6.00. The van der Waals surface area contributed by atoms with Gasteiger partial charge in [-0.25, -0.2) is 9.97 Å². The van der Waals surface area contributed by atoms with Crippen molar-refractivity contribution in [3.63, 3.8) is 0 Å². The number of hydrogen-bond donors (Lipinski definition) is 1. The lowest BCUT2D eigenvalue weighted by atomic mass is 10.1. The molecular weight excluding hydrogens is 491 g/mol. The molecule has 3 aromatic rings. The fourth-order valence-corrected chi connectivity index (χ4v) is 3.09. The molecule has 2 heterocycles. The number of halogens is 8. The van der Waals surface area contributed by atoms with E-state index in [0.717, 1.165) is 0 Å². The van der Waals surface area contributed by atoms with Crippen molar-refractivity contribution in [3.05, 3.63) is 67.9 Å². The summed E-state index contributed by atoms with van der Waals surface area (Å²) in [7, 11) is 0. The van der Waals surface area contributed by atoms with Gasteiger partial charge in [-0.05, 0) is 18.2 Å². The highest BCUT2D eigenvalue weighted by Gasteiger charge is 2.40. The van der Waals surface area contributed by atoms with Crippen LogP contribution in [0.1, 0.15) is 11.1 Å².